The number of benzene rings is 7. The van der Waals surface area contributed by atoms with E-state index in [-0.39, 0.29) is 0 Å². The summed E-state index contributed by atoms with van der Waals surface area (Å²) in [5.74, 6) is 0.369. The van der Waals surface area contributed by atoms with Gasteiger partial charge in [0, 0.05) is 38.8 Å². The van der Waals surface area contributed by atoms with Crippen LogP contribution in [0, 0.1) is 0 Å². The summed E-state index contributed by atoms with van der Waals surface area (Å²) in [7, 11) is 0. The predicted octanol–water partition coefficient (Wildman–Crippen LogP) is 12.8. The Bertz CT molecular complexity index is 2760. The monoisotopic (exact) mass is 638 g/mol. The molecule has 1 atom stereocenters. The number of hydrogen-bond donors (Lipinski definition) is 0. The lowest BCUT2D eigenvalue weighted by atomic mass is 9.91. The van der Waals surface area contributed by atoms with Crippen LogP contribution >= 0.6 is 0 Å². The van der Waals surface area contributed by atoms with E-state index in [4.69, 9.17) is 0 Å². The Morgan fingerprint density at radius 1 is 0.400 bits per heavy atom. The molecule has 0 amide bonds. The van der Waals surface area contributed by atoms with Crippen molar-refractivity contribution in [1.82, 2.24) is 9.13 Å². The van der Waals surface area contributed by atoms with Gasteiger partial charge in [-0.25, -0.2) is 0 Å². The van der Waals surface area contributed by atoms with Gasteiger partial charge >= 0.3 is 0 Å². The van der Waals surface area contributed by atoms with Gasteiger partial charge in [0.05, 0.1) is 22.1 Å². The molecule has 0 saturated heterocycles. The predicted molar refractivity (Wildman–Crippen MR) is 212 cm³/mol. The van der Waals surface area contributed by atoms with Crippen molar-refractivity contribution < 1.29 is 0 Å². The largest absolute Gasteiger partial charge is 0.310 e. The zero-order valence-electron chi connectivity index (χ0n) is 27.6. The Hall–Kier alpha value is -6.38. The van der Waals surface area contributed by atoms with Crippen molar-refractivity contribution in [3.8, 4) is 27.9 Å². The van der Waals surface area contributed by atoms with Gasteiger partial charge in [0.15, 0.2) is 0 Å². The molecule has 0 fully saturated rings. The molecule has 0 radical (unpaired) electrons. The van der Waals surface area contributed by atoms with E-state index < -0.39 is 0 Å². The maximum atomic E-state index is 2.44. The van der Waals surface area contributed by atoms with Gasteiger partial charge in [0.1, 0.15) is 0 Å². The molecule has 9 aromatic rings. The van der Waals surface area contributed by atoms with Crippen LogP contribution < -0.4 is 0 Å². The van der Waals surface area contributed by atoms with Gasteiger partial charge in [-0.1, -0.05) is 133 Å². The van der Waals surface area contributed by atoms with E-state index in [9.17, 15) is 0 Å². The number of aromatic nitrogens is 2. The summed E-state index contributed by atoms with van der Waals surface area (Å²) < 4.78 is 4.81. The molecule has 1 aliphatic rings. The molecular formula is C48H34N2. The number of nitrogens with zero attached hydrogens (tertiary/aromatic N) is 2. The second-order valence-corrected chi connectivity index (χ2v) is 13.3. The van der Waals surface area contributed by atoms with Crippen molar-refractivity contribution in [2.45, 2.75) is 12.3 Å². The Morgan fingerprint density at radius 2 is 0.880 bits per heavy atom. The third kappa shape index (κ3) is 4.64. The highest BCUT2D eigenvalue weighted by Crippen LogP contribution is 2.39. The number of rotatable bonds is 5. The lowest BCUT2D eigenvalue weighted by Gasteiger charge is -2.19. The van der Waals surface area contributed by atoms with E-state index in [0.29, 0.717) is 5.92 Å². The van der Waals surface area contributed by atoms with E-state index >= 15 is 0 Å². The van der Waals surface area contributed by atoms with Crippen LogP contribution in [-0.2, 0) is 0 Å². The SMILES string of the molecule is C1=CC(n2c3ccccc3c3cc(-c4ccc(-c5ccc6c(c5)c5ccccc5n6-c5ccccc5)cc4)ccc32)=CC(c2ccccc2)C1. The van der Waals surface area contributed by atoms with E-state index in [2.05, 4.69) is 197 Å². The van der Waals surface area contributed by atoms with E-state index in [0.717, 1.165) is 6.42 Å². The highest BCUT2D eigenvalue weighted by Gasteiger charge is 2.18. The minimum absolute atomic E-state index is 0.369. The third-order valence-electron chi connectivity index (χ3n) is 10.4. The van der Waals surface area contributed by atoms with Crippen LogP contribution in [0.3, 0.4) is 0 Å². The van der Waals surface area contributed by atoms with Crippen LogP contribution in [0.5, 0.6) is 0 Å². The van der Waals surface area contributed by atoms with E-state index in [1.54, 1.807) is 0 Å². The molecule has 1 aliphatic carbocycles. The third-order valence-corrected chi connectivity index (χ3v) is 10.4. The van der Waals surface area contributed by atoms with Crippen molar-refractivity contribution in [2.75, 3.05) is 0 Å². The first kappa shape index (κ1) is 28.6. The fourth-order valence-corrected chi connectivity index (χ4v) is 8.04. The molecule has 0 bridgehead atoms. The van der Waals surface area contributed by atoms with Gasteiger partial charge in [-0.3, -0.25) is 0 Å². The summed E-state index contributed by atoms with van der Waals surface area (Å²) in [5, 5.41) is 5.09. The Morgan fingerprint density at radius 3 is 1.50 bits per heavy atom. The summed E-state index contributed by atoms with van der Waals surface area (Å²) in [6, 6.07) is 61.9. The summed E-state index contributed by atoms with van der Waals surface area (Å²) >= 11 is 0. The van der Waals surface area contributed by atoms with Crippen molar-refractivity contribution in [2.24, 2.45) is 0 Å². The van der Waals surface area contributed by atoms with Gasteiger partial charge in [-0.2, -0.15) is 0 Å². The van der Waals surface area contributed by atoms with Gasteiger partial charge in [-0.15, -0.1) is 0 Å². The van der Waals surface area contributed by atoms with Crippen LogP contribution in [0.1, 0.15) is 17.9 Å². The van der Waals surface area contributed by atoms with Crippen molar-refractivity contribution in [1.29, 1.82) is 0 Å². The van der Waals surface area contributed by atoms with Crippen LogP contribution in [0.4, 0.5) is 0 Å². The first-order chi connectivity index (χ1) is 24.8. The number of allylic oxidation sites excluding steroid dienone is 4. The Labute approximate surface area is 291 Å². The minimum Gasteiger partial charge on any atom is -0.310 e. The normalized spacial score (nSPS) is 14.6. The highest BCUT2D eigenvalue weighted by molar-refractivity contribution is 6.12. The molecule has 2 aromatic heterocycles. The van der Waals surface area contributed by atoms with Crippen LogP contribution in [-0.4, -0.2) is 9.13 Å². The quantitative estimate of drug-likeness (QED) is 0.178. The fourth-order valence-electron chi connectivity index (χ4n) is 8.04. The Balaban J connectivity index is 1.03. The van der Waals surface area contributed by atoms with Crippen molar-refractivity contribution in [3.05, 3.63) is 194 Å². The van der Waals surface area contributed by atoms with Crippen molar-refractivity contribution in [3.63, 3.8) is 0 Å². The van der Waals surface area contributed by atoms with Gasteiger partial charge in [0.2, 0.25) is 0 Å². The molecule has 0 saturated carbocycles. The number of para-hydroxylation sites is 3. The first-order valence-electron chi connectivity index (χ1n) is 17.5. The molecule has 10 rings (SSSR count). The molecule has 2 heteroatoms. The molecular weight excluding hydrogens is 605 g/mol. The zero-order chi connectivity index (χ0) is 33.0. The summed E-state index contributed by atoms with van der Waals surface area (Å²) in [4.78, 5) is 0. The number of fused-ring (bicyclic) bond motifs is 6. The molecule has 0 spiro atoms. The average Bonchev–Trinajstić information content (AvgIpc) is 3.71. The molecule has 0 aliphatic heterocycles. The molecule has 0 N–H and O–H groups in total. The van der Waals surface area contributed by atoms with Gasteiger partial charge in [0.25, 0.3) is 0 Å². The van der Waals surface area contributed by atoms with Crippen LogP contribution in [0.2, 0.25) is 0 Å². The van der Waals surface area contributed by atoms with Gasteiger partial charge in [-0.05, 0) is 88.8 Å². The maximum absolute atomic E-state index is 2.44. The lowest BCUT2D eigenvalue weighted by Crippen LogP contribution is -2.03. The minimum atomic E-state index is 0.369. The zero-order valence-corrected chi connectivity index (χ0v) is 27.6. The van der Waals surface area contributed by atoms with Gasteiger partial charge < -0.3 is 9.13 Å². The highest BCUT2D eigenvalue weighted by atomic mass is 15.0. The first-order valence-corrected chi connectivity index (χ1v) is 17.5. The lowest BCUT2D eigenvalue weighted by molar-refractivity contribution is 0.849. The average molecular weight is 639 g/mol. The van der Waals surface area contributed by atoms with E-state index in [1.807, 2.05) is 0 Å². The Kier molecular flexibility index (Phi) is 6.67. The summed E-state index contributed by atoms with van der Waals surface area (Å²) in [5.41, 5.74) is 13.6. The molecule has 2 nitrogen and oxygen atoms in total. The standard InChI is InChI=1S/C48H34N2/c1-3-12-33(13-4-1)36-14-11-17-40(30-36)50-46-21-10-8-19-42(46)44-32-38(27-29-48(44)50)35-24-22-34(23-25-35)37-26-28-47-43(31-37)41-18-7-9-20-45(41)49(47)39-15-5-2-6-16-39/h1-13,15-32,36H,14H2. The smallest absolute Gasteiger partial charge is 0.0541 e. The topological polar surface area (TPSA) is 9.86 Å². The summed E-state index contributed by atoms with van der Waals surface area (Å²) in [6.45, 7) is 0. The van der Waals surface area contributed by atoms with E-state index in [1.165, 1.54) is 82.8 Å². The van der Waals surface area contributed by atoms with Crippen LogP contribution in [0.25, 0.3) is 77.2 Å². The second kappa shape index (κ2) is 11.6. The molecule has 7 aromatic carbocycles. The molecule has 50 heavy (non-hydrogen) atoms. The molecule has 2 heterocycles. The summed E-state index contributed by atoms with van der Waals surface area (Å²) in [6.07, 6.45) is 8.07. The second-order valence-electron chi connectivity index (χ2n) is 13.3. The molecule has 236 valence electrons. The van der Waals surface area contributed by atoms with Crippen molar-refractivity contribution >= 4 is 49.3 Å². The molecule has 1 unspecified atom stereocenters. The number of hydrogen-bond acceptors (Lipinski definition) is 0. The fraction of sp³-hybridized carbons (Fsp3) is 0.0417. The maximum Gasteiger partial charge on any atom is 0.0541 e. The van der Waals surface area contributed by atoms with Crippen LogP contribution in [0.15, 0.2) is 188 Å².